The molecule has 7 heteroatoms. The van der Waals surface area contributed by atoms with Gasteiger partial charge in [0.15, 0.2) is 5.69 Å². The highest BCUT2D eigenvalue weighted by atomic mass is 32.2. The summed E-state index contributed by atoms with van der Waals surface area (Å²) < 4.78 is 37.7. The number of aromatic nitrogens is 2. The molecule has 100 valence electrons. The molecule has 0 aliphatic heterocycles. The van der Waals surface area contributed by atoms with E-state index in [0.717, 1.165) is 31.7 Å². The first-order valence-electron chi connectivity index (χ1n) is 5.83. The Balaban J connectivity index is 2.14. The minimum atomic E-state index is -4.47. The van der Waals surface area contributed by atoms with Gasteiger partial charge in [-0.2, -0.15) is 13.2 Å². The average molecular weight is 277 g/mol. The van der Waals surface area contributed by atoms with Crippen LogP contribution in [-0.4, -0.2) is 15.2 Å². The summed E-state index contributed by atoms with van der Waals surface area (Å²) in [6.45, 7) is 0. The number of nitrogens with zero attached hydrogens (tertiary/aromatic N) is 2. The Morgan fingerprint density at radius 2 is 1.83 bits per heavy atom. The van der Waals surface area contributed by atoms with Gasteiger partial charge >= 0.3 is 6.18 Å². The molecule has 0 amide bonds. The lowest BCUT2D eigenvalue weighted by atomic mass is 10.0. The van der Waals surface area contributed by atoms with Crippen molar-refractivity contribution in [3.05, 3.63) is 11.8 Å². The van der Waals surface area contributed by atoms with Gasteiger partial charge in [-0.15, -0.1) is 11.8 Å². The van der Waals surface area contributed by atoms with Gasteiger partial charge in [0.2, 0.25) is 5.95 Å². The first-order chi connectivity index (χ1) is 8.45. The minimum Gasteiger partial charge on any atom is -0.368 e. The Kier molecular flexibility index (Phi) is 3.99. The molecular weight excluding hydrogens is 263 g/mol. The third-order valence-electron chi connectivity index (χ3n) is 2.85. The standard InChI is InChI=1S/C11H14F3N3S/c12-11(13,14)8-6-9(17-10(15)16-8)18-7-4-2-1-3-5-7/h6-7H,1-5H2,(H2,15,16,17). The largest absolute Gasteiger partial charge is 0.433 e. The average Bonchev–Trinajstić information content (AvgIpc) is 2.28. The number of thioether (sulfide) groups is 1. The van der Waals surface area contributed by atoms with E-state index >= 15 is 0 Å². The fraction of sp³-hybridized carbons (Fsp3) is 0.636. The second kappa shape index (κ2) is 5.34. The molecule has 1 saturated carbocycles. The highest BCUT2D eigenvalue weighted by Gasteiger charge is 2.33. The maximum atomic E-state index is 12.6. The van der Waals surface area contributed by atoms with E-state index in [0.29, 0.717) is 10.3 Å². The summed E-state index contributed by atoms with van der Waals surface area (Å²) in [6, 6.07) is 0.982. The van der Waals surface area contributed by atoms with Crippen LogP contribution in [-0.2, 0) is 6.18 Å². The molecule has 0 aromatic carbocycles. The van der Waals surface area contributed by atoms with Crippen molar-refractivity contribution >= 4 is 17.7 Å². The van der Waals surface area contributed by atoms with Crippen LogP contribution in [0.15, 0.2) is 11.1 Å². The maximum absolute atomic E-state index is 12.6. The van der Waals surface area contributed by atoms with E-state index in [1.165, 1.54) is 18.2 Å². The van der Waals surface area contributed by atoms with Crippen LogP contribution in [0.1, 0.15) is 37.8 Å². The van der Waals surface area contributed by atoms with E-state index in [2.05, 4.69) is 9.97 Å². The topological polar surface area (TPSA) is 51.8 Å². The van der Waals surface area contributed by atoms with Crippen LogP contribution < -0.4 is 5.73 Å². The van der Waals surface area contributed by atoms with Gasteiger partial charge in [0.25, 0.3) is 0 Å². The highest BCUT2D eigenvalue weighted by molar-refractivity contribution is 7.99. The van der Waals surface area contributed by atoms with Gasteiger partial charge < -0.3 is 5.73 Å². The van der Waals surface area contributed by atoms with E-state index in [-0.39, 0.29) is 5.95 Å². The summed E-state index contributed by atoms with van der Waals surface area (Å²) in [5.41, 5.74) is 4.36. The van der Waals surface area contributed by atoms with Gasteiger partial charge in [0.05, 0.1) is 0 Å². The van der Waals surface area contributed by atoms with E-state index < -0.39 is 11.9 Å². The lowest BCUT2D eigenvalue weighted by Crippen LogP contribution is -2.13. The van der Waals surface area contributed by atoms with Crippen molar-refractivity contribution in [2.75, 3.05) is 5.73 Å². The SMILES string of the molecule is Nc1nc(SC2CCCCC2)cc(C(F)(F)F)n1. The van der Waals surface area contributed by atoms with Crippen LogP contribution in [0.25, 0.3) is 0 Å². The number of halogens is 3. The lowest BCUT2D eigenvalue weighted by Gasteiger charge is -2.20. The van der Waals surface area contributed by atoms with Gasteiger partial charge in [0, 0.05) is 11.3 Å². The molecule has 0 unspecified atom stereocenters. The van der Waals surface area contributed by atoms with Gasteiger partial charge in [-0.05, 0) is 12.8 Å². The smallest absolute Gasteiger partial charge is 0.368 e. The van der Waals surface area contributed by atoms with E-state index in [1.807, 2.05) is 0 Å². The van der Waals surface area contributed by atoms with Crippen molar-refractivity contribution in [1.29, 1.82) is 0 Å². The lowest BCUT2D eigenvalue weighted by molar-refractivity contribution is -0.141. The van der Waals surface area contributed by atoms with Gasteiger partial charge in [-0.3, -0.25) is 0 Å². The zero-order chi connectivity index (χ0) is 13.2. The first kappa shape index (κ1) is 13.5. The van der Waals surface area contributed by atoms with Gasteiger partial charge in [-0.25, -0.2) is 9.97 Å². The third kappa shape index (κ3) is 3.51. The normalized spacial score (nSPS) is 17.9. The van der Waals surface area contributed by atoms with Crippen molar-refractivity contribution in [3.8, 4) is 0 Å². The summed E-state index contributed by atoms with van der Waals surface area (Å²) in [5.74, 6) is -0.317. The van der Waals surface area contributed by atoms with Crippen molar-refractivity contribution < 1.29 is 13.2 Å². The molecule has 1 aliphatic carbocycles. The second-order valence-electron chi connectivity index (χ2n) is 4.33. The molecule has 1 aromatic heterocycles. The van der Waals surface area contributed by atoms with Gasteiger partial charge in [-0.1, -0.05) is 19.3 Å². The Bertz CT molecular complexity index is 416. The number of rotatable bonds is 2. The highest BCUT2D eigenvalue weighted by Crippen LogP contribution is 2.35. The monoisotopic (exact) mass is 277 g/mol. The molecule has 0 radical (unpaired) electrons. The predicted octanol–water partition coefficient (Wildman–Crippen LogP) is 3.50. The summed E-state index contributed by atoms with van der Waals surface area (Å²) in [6.07, 6.45) is 1.04. The Hall–Kier alpha value is -0.980. The van der Waals surface area contributed by atoms with E-state index in [4.69, 9.17) is 5.73 Å². The summed E-state index contributed by atoms with van der Waals surface area (Å²) in [4.78, 5) is 7.10. The fourth-order valence-electron chi connectivity index (χ4n) is 2.00. The van der Waals surface area contributed by atoms with E-state index in [1.54, 1.807) is 0 Å². The molecule has 0 spiro atoms. The molecule has 0 atom stereocenters. The minimum absolute atomic E-state index is 0.317. The number of hydrogen-bond donors (Lipinski definition) is 1. The Morgan fingerprint density at radius 1 is 1.17 bits per heavy atom. The Morgan fingerprint density at radius 3 is 2.44 bits per heavy atom. The molecule has 0 saturated heterocycles. The first-order valence-corrected chi connectivity index (χ1v) is 6.71. The number of anilines is 1. The number of alkyl halides is 3. The predicted molar refractivity (Wildman–Crippen MR) is 64.2 cm³/mol. The van der Waals surface area contributed by atoms with Crippen LogP contribution in [0, 0.1) is 0 Å². The zero-order valence-corrected chi connectivity index (χ0v) is 10.5. The summed E-state index contributed by atoms with van der Waals surface area (Å²) in [5, 5.41) is 0.663. The number of nitrogen functional groups attached to an aromatic ring is 1. The third-order valence-corrected chi connectivity index (χ3v) is 4.11. The van der Waals surface area contributed by atoms with Crippen LogP contribution in [0.2, 0.25) is 0 Å². The fourth-order valence-corrected chi connectivity index (χ4v) is 3.24. The molecule has 2 N–H and O–H groups in total. The zero-order valence-electron chi connectivity index (χ0n) is 9.70. The maximum Gasteiger partial charge on any atom is 0.433 e. The number of hydrogen-bond acceptors (Lipinski definition) is 4. The molecule has 1 aliphatic rings. The van der Waals surface area contributed by atoms with Crippen LogP contribution >= 0.6 is 11.8 Å². The molecule has 1 aromatic rings. The molecule has 18 heavy (non-hydrogen) atoms. The Labute approximate surface area is 107 Å². The molecule has 0 bridgehead atoms. The van der Waals surface area contributed by atoms with Crippen LogP contribution in [0.4, 0.5) is 19.1 Å². The van der Waals surface area contributed by atoms with Crippen molar-refractivity contribution in [2.24, 2.45) is 0 Å². The summed E-state index contributed by atoms with van der Waals surface area (Å²) >= 11 is 1.38. The molecule has 2 rings (SSSR count). The molecule has 3 nitrogen and oxygen atoms in total. The van der Waals surface area contributed by atoms with Crippen molar-refractivity contribution in [3.63, 3.8) is 0 Å². The van der Waals surface area contributed by atoms with Gasteiger partial charge in [0.1, 0.15) is 5.03 Å². The van der Waals surface area contributed by atoms with Crippen LogP contribution in [0.5, 0.6) is 0 Å². The number of nitrogens with two attached hydrogens (primary N) is 1. The molecule has 1 fully saturated rings. The van der Waals surface area contributed by atoms with E-state index in [9.17, 15) is 13.2 Å². The second-order valence-corrected chi connectivity index (χ2v) is 5.65. The molecule has 1 heterocycles. The van der Waals surface area contributed by atoms with Crippen molar-refractivity contribution in [2.45, 2.75) is 48.6 Å². The molecular formula is C11H14F3N3S. The van der Waals surface area contributed by atoms with Crippen LogP contribution in [0.3, 0.4) is 0 Å². The quantitative estimate of drug-likeness (QED) is 0.841. The summed E-state index contributed by atoms with van der Waals surface area (Å²) in [7, 11) is 0. The van der Waals surface area contributed by atoms with Crippen molar-refractivity contribution in [1.82, 2.24) is 9.97 Å².